The fraction of sp³-hybridized carbons (Fsp3) is 0.200. The summed E-state index contributed by atoms with van der Waals surface area (Å²) in [5.41, 5.74) is 0.685. The normalized spacial score (nSPS) is 9.50. The topological polar surface area (TPSA) is 52.4 Å². The Bertz CT molecular complexity index is 360. The first-order valence-electron chi connectivity index (χ1n) is 4.22. The van der Waals surface area contributed by atoms with Crippen LogP contribution in [0.4, 0.5) is 5.69 Å². The van der Waals surface area contributed by atoms with Crippen LogP contribution in [-0.2, 0) is 0 Å². The molecule has 0 fully saturated rings. The van der Waals surface area contributed by atoms with Gasteiger partial charge in [-0.2, -0.15) is 0 Å². The van der Waals surface area contributed by atoms with Gasteiger partial charge >= 0.3 is 5.69 Å². The highest BCUT2D eigenvalue weighted by Gasteiger charge is 2.14. The van der Waals surface area contributed by atoms with Crippen molar-refractivity contribution in [2.75, 3.05) is 6.61 Å². The molecule has 0 aliphatic rings. The van der Waals surface area contributed by atoms with E-state index >= 15 is 0 Å². The summed E-state index contributed by atoms with van der Waals surface area (Å²) in [5, 5.41) is 10.7. The van der Waals surface area contributed by atoms with Gasteiger partial charge in [0.2, 0.25) is 0 Å². The molecule has 0 N–H and O–H groups in total. The number of nitrogens with zero attached hydrogens (tertiary/aromatic N) is 1. The first-order valence-corrected chi connectivity index (χ1v) is 4.22. The summed E-state index contributed by atoms with van der Waals surface area (Å²) in [6.45, 7) is 5.74. The van der Waals surface area contributed by atoms with E-state index in [1.54, 1.807) is 25.1 Å². The van der Waals surface area contributed by atoms with Crippen LogP contribution >= 0.6 is 0 Å². The van der Waals surface area contributed by atoms with Crippen LogP contribution in [0.15, 0.2) is 24.8 Å². The van der Waals surface area contributed by atoms with E-state index in [4.69, 9.17) is 4.74 Å². The van der Waals surface area contributed by atoms with E-state index in [0.717, 1.165) is 0 Å². The van der Waals surface area contributed by atoms with Crippen molar-refractivity contribution in [3.8, 4) is 5.75 Å². The van der Waals surface area contributed by atoms with Crippen molar-refractivity contribution >= 4 is 11.8 Å². The number of hydrogen-bond acceptors (Lipinski definition) is 3. The maximum atomic E-state index is 10.7. The van der Waals surface area contributed by atoms with Crippen molar-refractivity contribution in [2.45, 2.75) is 6.92 Å². The average molecular weight is 193 g/mol. The van der Waals surface area contributed by atoms with E-state index in [1.807, 2.05) is 0 Å². The Balaban J connectivity index is 3.16. The van der Waals surface area contributed by atoms with Gasteiger partial charge in [0, 0.05) is 6.07 Å². The molecule has 0 radical (unpaired) electrons. The fourth-order valence-corrected chi connectivity index (χ4v) is 1.08. The zero-order valence-corrected chi connectivity index (χ0v) is 7.90. The molecule has 0 amide bonds. The highest BCUT2D eigenvalue weighted by atomic mass is 16.6. The quantitative estimate of drug-likeness (QED) is 0.545. The van der Waals surface area contributed by atoms with Crippen LogP contribution in [0.25, 0.3) is 6.08 Å². The Labute approximate surface area is 82.0 Å². The van der Waals surface area contributed by atoms with Gasteiger partial charge in [-0.3, -0.25) is 10.1 Å². The molecule has 0 heterocycles. The van der Waals surface area contributed by atoms with Gasteiger partial charge in [0.05, 0.1) is 11.5 Å². The van der Waals surface area contributed by atoms with E-state index in [9.17, 15) is 10.1 Å². The molecule has 1 rings (SSSR count). The summed E-state index contributed by atoms with van der Waals surface area (Å²) >= 11 is 0. The second-order valence-corrected chi connectivity index (χ2v) is 2.62. The zero-order valence-electron chi connectivity index (χ0n) is 7.90. The van der Waals surface area contributed by atoms with Crippen molar-refractivity contribution in [1.82, 2.24) is 0 Å². The molecule has 0 saturated heterocycles. The molecule has 1 aromatic carbocycles. The van der Waals surface area contributed by atoms with Crippen molar-refractivity contribution in [2.24, 2.45) is 0 Å². The van der Waals surface area contributed by atoms with Crippen LogP contribution in [0.2, 0.25) is 0 Å². The summed E-state index contributed by atoms with van der Waals surface area (Å²) in [6.07, 6.45) is 1.56. The second kappa shape index (κ2) is 4.41. The zero-order chi connectivity index (χ0) is 10.6. The Morgan fingerprint density at radius 2 is 2.36 bits per heavy atom. The summed E-state index contributed by atoms with van der Waals surface area (Å²) < 4.78 is 5.12. The highest BCUT2D eigenvalue weighted by Crippen LogP contribution is 2.28. The van der Waals surface area contributed by atoms with E-state index in [2.05, 4.69) is 6.58 Å². The fourth-order valence-electron chi connectivity index (χ4n) is 1.08. The summed E-state index contributed by atoms with van der Waals surface area (Å²) in [5.74, 6) is 0.295. The van der Waals surface area contributed by atoms with E-state index in [-0.39, 0.29) is 5.69 Å². The molecule has 4 nitrogen and oxygen atoms in total. The van der Waals surface area contributed by atoms with Gasteiger partial charge in [-0.1, -0.05) is 18.7 Å². The first-order chi connectivity index (χ1) is 6.69. The Hall–Kier alpha value is -1.84. The standard InChI is InChI=1S/C10H11NO3/c1-3-8-5-6-10(14-4-2)9(7-8)11(12)13/h3,5-7H,1,4H2,2H3. The molecule has 14 heavy (non-hydrogen) atoms. The molecule has 0 aliphatic carbocycles. The molecule has 0 aliphatic heterocycles. The van der Waals surface area contributed by atoms with Crippen LogP contribution in [0.3, 0.4) is 0 Å². The number of rotatable bonds is 4. The Kier molecular flexibility index (Phi) is 3.23. The van der Waals surface area contributed by atoms with Crippen molar-refractivity contribution in [3.05, 3.63) is 40.5 Å². The molecule has 0 spiro atoms. The molecular weight excluding hydrogens is 182 g/mol. The predicted octanol–water partition coefficient (Wildman–Crippen LogP) is 2.64. The molecule has 0 saturated carbocycles. The molecule has 0 unspecified atom stereocenters. The molecular formula is C10H11NO3. The molecule has 1 aromatic rings. The van der Waals surface area contributed by atoms with E-state index < -0.39 is 4.92 Å². The largest absolute Gasteiger partial charge is 0.487 e. The lowest BCUT2D eigenvalue weighted by atomic mass is 10.2. The number of ether oxygens (including phenoxy) is 1. The van der Waals surface area contributed by atoms with Gasteiger partial charge in [-0.05, 0) is 18.6 Å². The minimum atomic E-state index is -0.460. The van der Waals surface area contributed by atoms with Crippen LogP contribution in [0.5, 0.6) is 5.75 Å². The monoisotopic (exact) mass is 193 g/mol. The van der Waals surface area contributed by atoms with Crippen molar-refractivity contribution in [3.63, 3.8) is 0 Å². The van der Waals surface area contributed by atoms with Crippen LogP contribution in [0, 0.1) is 10.1 Å². The van der Waals surface area contributed by atoms with Gasteiger partial charge in [0.25, 0.3) is 0 Å². The van der Waals surface area contributed by atoms with Gasteiger partial charge in [-0.25, -0.2) is 0 Å². The van der Waals surface area contributed by atoms with Gasteiger partial charge in [0.15, 0.2) is 5.75 Å². The van der Waals surface area contributed by atoms with Crippen LogP contribution < -0.4 is 4.74 Å². The van der Waals surface area contributed by atoms with Crippen molar-refractivity contribution in [1.29, 1.82) is 0 Å². The third-order valence-electron chi connectivity index (χ3n) is 1.72. The summed E-state index contributed by atoms with van der Waals surface area (Å²) in [4.78, 5) is 10.2. The van der Waals surface area contributed by atoms with Crippen LogP contribution in [0.1, 0.15) is 12.5 Å². The lowest BCUT2D eigenvalue weighted by Gasteiger charge is -2.04. The Morgan fingerprint density at radius 3 is 2.86 bits per heavy atom. The Morgan fingerprint density at radius 1 is 1.64 bits per heavy atom. The van der Waals surface area contributed by atoms with Gasteiger partial charge in [-0.15, -0.1) is 0 Å². The third kappa shape index (κ3) is 2.10. The predicted molar refractivity (Wildman–Crippen MR) is 54.4 cm³/mol. The number of nitro groups is 1. The molecule has 0 bridgehead atoms. The highest BCUT2D eigenvalue weighted by molar-refractivity contribution is 5.57. The third-order valence-corrected chi connectivity index (χ3v) is 1.72. The number of benzene rings is 1. The molecule has 4 heteroatoms. The molecule has 0 aromatic heterocycles. The van der Waals surface area contributed by atoms with Gasteiger partial charge in [0.1, 0.15) is 0 Å². The summed E-state index contributed by atoms with van der Waals surface area (Å²) in [6, 6.07) is 4.75. The summed E-state index contributed by atoms with van der Waals surface area (Å²) in [7, 11) is 0. The lowest BCUT2D eigenvalue weighted by Crippen LogP contribution is -1.97. The lowest BCUT2D eigenvalue weighted by molar-refractivity contribution is -0.385. The average Bonchev–Trinajstić information content (AvgIpc) is 2.18. The van der Waals surface area contributed by atoms with E-state index in [1.165, 1.54) is 6.07 Å². The maximum Gasteiger partial charge on any atom is 0.311 e. The molecule has 0 atom stereocenters. The number of nitro benzene ring substituents is 1. The minimum absolute atomic E-state index is 0.0238. The first kappa shape index (κ1) is 10.2. The smallest absolute Gasteiger partial charge is 0.311 e. The van der Waals surface area contributed by atoms with Crippen LogP contribution in [-0.4, -0.2) is 11.5 Å². The second-order valence-electron chi connectivity index (χ2n) is 2.62. The minimum Gasteiger partial charge on any atom is -0.487 e. The maximum absolute atomic E-state index is 10.7. The van der Waals surface area contributed by atoms with Crippen molar-refractivity contribution < 1.29 is 9.66 Å². The van der Waals surface area contributed by atoms with Gasteiger partial charge < -0.3 is 4.74 Å². The molecule has 74 valence electrons. The van der Waals surface area contributed by atoms with E-state index in [0.29, 0.717) is 17.9 Å². The SMILES string of the molecule is C=Cc1ccc(OCC)c([N+](=O)[O-])c1. The number of hydrogen-bond donors (Lipinski definition) is 0.